The van der Waals surface area contributed by atoms with Gasteiger partial charge in [0.2, 0.25) is 5.91 Å². The van der Waals surface area contributed by atoms with Gasteiger partial charge >= 0.3 is 5.97 Å². The molecular weight excluding hydrogens is 386 g/mol. The van der Waals surface area contributed by atoms with Crippen molar-refractivity contribution in [3.63, 3.8) is 0 Å². The van der Waals surface area contributed by atoms with Crippen LogP contribution in [0.25, 0.3) is 0 Å². The van der Waals surface area contributed by atoms with Crippen LogP contribution in [0.3, 0.4) is 0 Å². The Kier molecular flexibility index (Phi) is 4.61. The fraction of sp³-hybridized carbons (Fsp3) is 0.857. The van der Waals surface area contributed by atoms with Gasteiger partial charge in [0.1, 0.15) is 16.8 Å². The molecule has 0 spiro atoms. The largest absolute Gasteiger partial charge is 0.480 e. The van der Waals surface area contributed by atoms with Gasteiger partial charge in [0.25, 0.3) is 10.2 Å². The summed E-state index contributed by atoms with van der Waals surface area (Å²) in [7, 11) is -8.18. The smallest absolute Gasteiger partial charge is 0.328 e. The zero-order valence-corrected chi connectivity index (χ0v) is 16.1. The molecule has 12 heteroatoms. The third kappa shape index (κ3) is 2.83. The van der Waals surface area contributed by atoms with Gasteiger partial charge in [0.05, 0.1) is 0 Å². The first kappa shape index (κ1) is 19.5. The Morgan fingerprint density at radius 1 is 1.19 bits per heavy atom. The van der Waals surface area contributed by atoms with E-state index < -0.39 is 54.1 Å². The number of sulfone groups is 1. The lowest BCUT2D eigenvalue weighted by Gasteiger charge is -2.42. The number of carboxylic acids is 1. The monoisotopic (exact) mass is 409 g/mol. The molecule has 0 unspecified atom stereocenters. The lowest BCUT2D eigenvalue weighted by molar-refractivity contribution is -0.159. The molecule has 1 amide bonds. The Labute approximate surface area is 152 Å². The van der Waals surface area contributed by atoms with Crippen molar-refractivity contribution in [2.75, 3.05) is 0 Å². The molecule has 0 bridgehead atoms. The van der Waals surface area contributed by atoms with Crippen molar-refractivity contribution in [1.29, 1.82) is 0 Å². The van der Waals surface area contributed by atoms with E-state index in [0.717, 1.165) is 24.2 Å². The van der Waals surface area contributed by atoms with Crippen LogP contribution in [-0.2, 0) is 29.6 Å². The van der Waals surface area contributed by atoms with E-state index in [4.69, 9.17) is 0 Å². The lowest BCUT2D eigenvalue weighted by Crippen LogP contribution is -2.72. The topological polar surface area (TPSA) is 150 Å². The Bertz CT molecular complexity index is 831. The van der Waals surface area contributed by atoms with Gasteiger partial charge in [-0.1, -0.05) is 19.3 Å². The molecule has 26 heavy (non-hydrogen) atoms. The van der Waals surface area contributed by atoms with E-state index in [1.165, 1.54) is 13.8 Å². The molecule has 3 aliphatic rings. The summed E-state index contributed by atoms with van der Waals surface area (Å²) in [6.07, 6.45) is 4.19. The zero-order chi connectivity index (χ0) is 19.5. The highest BCUT2D eigenvalue weighted by molar-refractivity contribution is 7.94. The van der Waals surface area contributed by atoms with Gasteiger partial charge in [-0.05, 0) is 26.7 Å². The van der Waals surface area contributed by atoms with Crippen LogP contribution in [0.2, 0.25) is 0 Å². The molecule has 3 fully saturated rings. The summed E-state index contributed by atoms with van der Waals surface area (Å²) in [6, 6.07) is -3.31. The second-order valence-electron chi connectivity index (χ2n) is 7.58. The molecular formula is C14H23N3O7S2. The number of fused-ring (bicyclic) bond motifs is 1. The van der Waals surface area contributed by atoms with Gasteiger partial charge in [0, 0.05) is 6.04 Å². The molecule has 0 aromatic heterocycles. The van der Waals surface area contributed by atoms with Crippen molar-refractivity contribution in [2.45, 2.75) is 74.2 Å². The second-order valence-corrected chi connectivity index (χ2v) is 11.7. The normalized spacial score (nSPS) is 33.5. The third-order valence-electron chi connectivity index (χ3n) is 5.51. The molecule has 1 saturated carbocycles. The molecule has 2 heterocycles. The van der Waals surface area contributed by atoms with Gasteiger partial charge in [-0.15, -0.1) is 0 Å². The molecule has 2 aliphatic heterocycles. The molecule has 10 nitrogen and oxygen atoms in total. The Balaban J connectivity index is 1.81. The van der Waals surface area contributed by atoms with Gasteiger partial charge in [-0.2, -0.15) is 17.9 Å². The maximum absolute atomic E-state index is 12.7. The minimum absolute atomic E-state index is 0.254. The Hall–Kier alpha value is -1.24. The maximum Gasteiger partial charge on any atom is 0.328 e. The predicted molar refractivity (Wildman–Crippen MR) is 90.9 cm³/mol. The van der Waals surface area contributed by atoms with Crippen molar-refractivity contribution in [3.8, 4) is 0 Å². The molecule has 0 aromatic carbocycles. The number of carboxylic acid groups (broad SMARTS) is 1. The molecule has 3 atom stereocenters. The van der Waals surface area contributed by atoms with Crippen LogP contribution in [0.15, 0.2) is 0 Å². The van der Waals surface area contributed by atoms with Crippen LogP contribution < -0.4 is 9.44 Å². The van der Waals surface area contributed by atoms with Crippen LogP contribution in [-0.4, -0.2) is 67.0 Å². The second kappa shape index (κ2) is 6.14. The predicted octanol–water partition coefficient (Wildman–Crippen LogP) is -1.06. The van der Waals surface area contributed by atoms with Crippen molar-refractivity contribution >= 4 is 31.9 Å². The average molecular weight is 409 g/mol. The molecule has 1 aliphatic carbocycles. The minimum Gasteiger partial charge on any atom is -0.480 e. The van der Waals surface area contributed by atoms with E-state index in [0.29, 0.717) is 12.8 Å². The lowest BCUT2D eigenvalue weighted by atomic mass is 9.96. The number of carbonyl (C=O) groups is 2. The van der Waals surface area contributed by atoms with E-state index in [9.17, 15) is 31.5 Å². The number of rotatable bonds is 5. The number of carbonyl (C=O) groups excluding carboxylic acids is 1. The number of aliphatic carboxylic acids is 1. The number of hydrogen-bond donors (Lipinski definition) is 3. The summed E-state index contributed by atoms with van der Waals surface area (Å²) in [5.74, 6) is -2.28. The van der Waals surface area contributed by atoms with Crippen LogP contribution in [0.5, 0.6) is 0 Å². The number of nitrogens with zero attached hydrogens (tertiary/aromatic N) is 1. The van der Waals surface area contributed by atoms with E-state index in [1.807, 2.05) is 0 Å². The molecule has 3 N–H and O–H groups in total. The number of amides is 1. The van der Waals surface area contributed by atoms with E-state index in [2.05, 4.69) is 9.44 Å². The summed E-state index contributed by atoms with van der Waals surface area (Å²) in [5, 5.41) is 7.84. The SMILES string of the molecule is CC1(C)[C@H](C(=O)O)N2C(=O)[C@@H](NS(=O)(=O)NC3CCCCC3)[C@H]2S1(=O)=O. The van der Waals surface area contributed by atoms with Crippen molar-refractivity contribution < 1.29 is 31.5 Å². The zero-order valence-electron chi connectivity index (χ0n) is 14.5. The van der Waals surface area contributed by atoms with Crippen molar-refractivity contribution in [3.05, 3.63) is 0 Å². The highest BCUT2D eigenvalue weighted by atomic mass is 32.2. The quantitative estimate of drug-likeness (QED) is 0.490. The summed E-state index contributed by atoms with van der Waals surface area (Å²) in [6.45, 7) is 2.47. The third-order valence-corrected chi connectivity index (χ3v) is 9.54. The number of hydrogen-bond acceptors (Lipinski definition) is 6. The van der Waals surface area contributed by atoms with Crippen LogP contribution in [0.1, 0.15) is 46.0 Å². The fourth-order valence-corrected chi connectivity index (χ4v) is 7.67. The summed E-state index contributed by atoms with van der Waals surface area (Å²) in [4.78, 5) is 24.6. The first-order valence-electron chi connectivity index (χ1n) is 8.48. The highest BCUT2D eigenvalue weighted by Gasteiger charge is 2.72. The first-order valence-corrected chi connectivity index (χ1v) is 11.5. The van der Waals surface area contributed by atoms with E-state index in [-0.39, 0.29) is 6.04 Å². The standard InChI is InChI=1S/C14H23N3O7S2/c1-14(2)10(13(19)20)17-11(18)9(12(17)25(14,21)22)16-26(23,24)15-8-6-4-3-5-7-8/h8-10,12,15-16H,3-7H2,1-2H3,(H,19,20)/t9-,10+,12-/m1/s1. The molecule has 0 radical (unpaired) electrons. The molecule has 0 aromatic rings. The number of β-lactam (4-membered cyclic amide) rings is 1. The molecule has 148 valence electrons. The van der Waals surface area contributed by atoms with Crippen LogP contribution in [0, 0.1) is 0 Å². The van der Waals surface area contributed by atoms with Crippen LogP contribution in [0.4, 0.5) is 0 Å². The minimum atomic E-state index is -4.10. The van der Waals surface area contributed by atoms with Gasteiger partial charge in [0.15, 0.2) is 15.2 Å². The average Bonchev–Trinajstić information content (AvgIpc) is 2.67. The van der Waals surface area contributed by atoms with Crippen molar-refractivity contribution in [1.82, 2.24) is 14.3 Å². The summed E-state index contributed by atoms with van der Waals surface area (Å²) in [5.41, 5.74) is 0. The summed E-state index contributed by atoms with van der Waals surface area (Å²) >= 11 is 0. The molecule has 2 saturated heterocycles. The Morgan fingerprint density at radius 3 is 2.31 bits per heavy atom. The van der Waals surface area contributed by atoms with E-state index >= 15 is 0 Å². The fourth-order valence-electron chi connectivity index (χ4n) is 4.06. The maximum atomic E-state index is 12.7. The summed E-state index contributed by atoms with van der Waals surface area (Å²) < 4.78 is 52.9. The Morgan fingerprint density at radius 2 is 1.77 bits per heavy atom. The van der Waals surface area contributed by atoms with Crippen molar-refractivity contribution in [2.24, 2.45) is 0 Å². The van der Waals surface area contributed by atoms with Crippen LogP contribution >= 0.6 is 0 Å². The first-order chi connectivity index (χ1) is 11.9. The molecule has 3 rings (SSSR count). The van der Waals surface area contributed by atoms with Gasteiger partial charge in [-0.3, -0.25) is 4.79 Å². The van der Waals surface area contributed by atoms with E-state index in [1.54, 1.807) is 0 Å². The highest BCUT2D eigenvalue weighted by Crippen LogP contribution is 2.46. The van der Waals surface area contributed by atoms with Gasteiger partial charge < -0.3 is 10.0 Å². The van der Waals surface area contributed by atoms with Gasteiger partial charge in [-0.25, -0.2) is 13.2 Å². The number of nitrogens with one attached hydrogen (secondary N) is 2.